The van der Waals surface area contributed by atoms with E-state index < -0.39 is 0 Å². The molecule has 0 bridgehead atoms. The monoisotopic (exact) mass is 358 g/mol. The summed E-state index contributed by atoms with van der Waals surface area (Å²) in [5.74, 6) is 0. The van der Waals surface area contributed by atoms with Crippen molar-refractivity contribution in [3.8, 4) is 0 Å². The zero-order chi connectivity index (χ0) is 17.8. The minimum Gasteiger partial charge on any atom is -0.370 e. The van der Waals surface area contributed by atoms with Gasteiger partial charge in [0.25, 0.3) is 0 Å². The molecule has 2 heterocycles. The molecule has 0 aliphatic carbocycles. The van der Waals surface area contributed by atoms with E-state index in [0.29, 0.717) is 11.6 Å². The molecule has 1 saturated heterocycles. The molecule has 1 N–H and O–H groups in total. The Kier molecular flexibility index (Phi) is 5.43. The average Bonchev–Trinajstić information content (AvgIpc) is 2.84. The molecular weight excluding hydrogens is 336 g/mol. The van der Waals surface area contributed by atoms with Crippen molar-refractivity contribution in [1.29, 1.82) is 0 Å². The molecule has 132 valence electrons. The van der Waals surface area contributed by atoms with Gasteiger partial charge in [-0.1, -0.05) is 17.7 Å². The van der Waals surface area contributed by atoms with E-state index in [1.165, 1.54) is 5.69 Å². The maximum Gasteiger partial charge on any atom is 0.321 e. The lowest BCUT2D eigenvalue weighted by molar-refractivity contribution is 0.215. The first-order valence-corrected chi connectivity index (χ1v) is 8.90. The summed E-state index contributed by atoms with van der Waals surface area (Å²) in [6, 6.07) is 9.61. The van der Waals surface area contributed by atoms with Gasteiger partial charge in [-0.05, 0) is 50.1 Å². The van der Waals surface area contributed by atoms with E-state index in [-0.39, 0.29) is 6.03 Å². The second-order valence-electron chi connectivity index (χ2n) is 6.38. The van der Waals surface area contributed by atoms with Gasteiger partial charge in [0.05, 0.1) is 0 Å². The van der Waals surface area contributed by atoms with Gasteiger partial charge in [-0.25, -0.2) is 4.79 Å². The number of aryl methyl sites for hydroxylation is 2. The van der Waals surface area contributed by atoms with Crippen molar-refractivity contribution in [3.05, 3.63) is 52.8 Å². The average molecular weight is 359 g/mol. The molecule has 2 aromatic rings. The molecule has 0 atom stereocenters. The van der Waals surface area contributed by atoms with Crippen LogP contribution in [0.4, 0.5) is 16.2 Å². The Morgan fingerprint density at radius 3 is 2.72 bits per heavy atom. The third-order valence-corrected chi connectivity index (χ3v) is 4.86. The Balaban J connectivity index is 1.62. The maximum atomic E-state index is 12.6. The Hall–Kier alpha value is -2.27. The smallest absolute Gasteiger partial charge is 0.321 e. The van der Waals surface area contributed by atoms with Crippen molar-refractivity contribution < 1.29 is 4.79 Å². The van der Waals surface area contributed by atoms with E-state index in [1.807, 2.05) is 43.1 Å². The number of aromatic nitrogens is 1. The largest absolute Gasteiger partial charge is 0.370 e. The van der Waals surface area contributed by atoms with Gasteiger partial charge in [-0.15, -0.1) is 0 Å². The lowest BCUT2D eigenvalue weighted by atomic mass is 10.2. The first kappa shape index (κ1) is 17.5. The summed E-state index contributed by atoms with van der Waals surface area (Å²) in [7, 11) is 0. The van der Waals surface area contributed by atoms with Gasteiger partial charge < -0.3 is 15.1 Å². The van der Waals surface area contributed by atoms with Crippen molar-refractivity contribution in [3.63, 3.8) is 0 Å². The number of nitrogens with zero attached hydrogens (tertiary/aromatic N) is 3. The van der Waals surface area contributed by atoms with Crippen LogP contribution in [0.15, 0.2) is 36.5 Å². The number of hydrogen-bond acceptors (Lipinski definition) is 3. The first-order valence-electron chi connectivity index (χ1n) is 8.52. The van der Waals surface area contributed by atoms with Crippen molar-refractivity contribution in [1.82, 2.24) is 9.88 Å². The van der Waals surface area contributed by atoms with Gasteiger partial charge >= 0.3 is 6.03 Å². The summed E-state index contributed by atoms with van der Waals surface area (Å²) in [6.45, 7) is 7.11. The zero-order valence-corrected chi connectivity index (χ0v) is 15.4. The van der Waals surface area contributed by atoms with Crippen LogP contribution in [0.1, 0.15) is 17.7 Å². The maximum absolute atomic E-state index is 12.6. The number of rotatable bonds is 2. The third-order valence-electron chi connectivity index (χ3n) is 4.45. The van der Waals surface area contributed by atoms with Gasteiger partial charge in [0.1, 0.15) is 0 Å². The lowest BCUT2D eigenvalue weighted by Gasteiger charge is -2.24. The van der Waals surface area contributed by atoms with Crippen LogP contribution in [0.25, 0.3) is 0 Å². The quantitative estimate of drug-likeness (QED) is 0.879. The number of halogens is 1. The van der Waals surface area contributed by atoms with Crippen LogP contribution in [0.2, 0.25) is 5.02 Å². The topological polar surface area (TPSA) is 48.5 Å². The number of urea groups is 1. The number of pyridine rings is 1. The summed E-state index contributed by atoms with van der Waals surface area (Å²) in [6.07, 6.45) is 2.77. The fraction of sp³-hybridized carbons (Fsp3) is 0.368. The van der Waals surface area contributed by atoms with E-state index in [4.69, 9.17) is 11.6 Å². The Bertz CT molecular complexity index is 765. The molecule has 1 aromatic carbocycles. The number of benzene rings is 1. The number of hydrogen-bond donors (Lipinski definition) is 1. The van der Waals surface area contributed by atoms with Crippen molar-refractivity contribution >= 4 is 29.0 Å². The van der Waals surface area contributed by atoms with Crippen LogP contribution in [-0.4, -0.2) is 42.1 Å². The predicted octanol–water partition coefficient (Wildman–Crippen LogP) is 4.10. The van der Waals surface area contributed by atoms with Gasteiger partial charge in [-0.3, -0.25) is 4.98 Å². The van der Waals surface area contributed by atoms with Gasteiger partial charge in [0.15, 0.2) is 0 Å². The number of carbonyl (C=O) groups is 1. The highest BCUT2D eigenvalue weighted by Crippen LogP contribution is 2.21. The Labute approximate surface area is 153 Å². The van der Waals surface area contributed by atoms with Crippen molar-refractivity contribution in [2.24, 2.45) is 0 Å². The molecule has 1 aromatic heterocycles. The predicted molar refractivity (Wildman–Crippen MR) is 103 cm³/mol. The Morgan fingerprint density at radius 2 is 1.96 bits per heavy atom. The fourth-order valence-electron chi connectivity index (χ4n) is 2.98. The SMILES string of the molecule is Cc1cc(N2CCCN(C(=O)Nc3ccc(C)c(Cl)c3)CC2)ccn1. The molecule has 0 saturated carbocycles. The summed E-state index contributed by atoms with van der Waals surface area (Å²) in [5.41, 5.74) is 3.90. The summed E-state index contributed by atoms with van der Waals surface area (Å²) in [5, 5.41) is 3.61. The van der Waals surface area contributed by atoms with E-state index in [1.54, 1.807) is 6.07 Å². The summed E-state index contributed by atoms with van der Waals surface area (Å²) in [4.78, 5) is 21.0. The molecular formula is C19H23ClN4O. The van der Waals surface area contributed by atoms with Crippen LogP contribution < -0.4 is 10.2 Å². The molecule has 2 amide bonds. The van der Waals surface area contributed by atoms with Crippen LogP contribution in [0, 0.1) is 13.8 Å². The van der Waals surface area contributed by atoms with Crippen LogP contribution in [0.3, 0.4) is 0 Å². The molecule has 1 aliphatic heterocycles. The lowest BCUT2D eigenvalue weighted by Crippen LogP contribution is -2.38. The minimum atomic E-state index is -0.0762. The first-order chi connectivity index (χ1) is 12.0. The van der Waals surface area contributed by atoms with E-state index >= 15 is 0 Å². The molecule has 1 fully saturated rings. The van der Waals surface area contributed by atoms with Gasteiger partial charge in [0, 0.05) is 54.5 Å². The molecule has 0 radical (unpaired) electrons. The van der Waals surface area contributed by atoms with Crippen molar-refractivity contribution in [2.45, 2.75) is 20.3 Å². The molecule has 6 heteroatoms. The molecule has 0 spiro atoms. The highest BCUT2D eigenvalue weighted by Gasteiger charge is 2.19. The molecule has 0 unspecified atom stereocenters. The molecule has 1 aliphatic rings. The summed E-state index contributed by atoms with van der Waals surface area (Å²) < 4.78 is 0. The highest BCUT2D eigenvalue weighted by atomic mass is 35.5. The second kappa shape index (κ2) is 7.74. The second-order valence-corrected chi connectivity index (χ2v) is 6.78. The number of carbonyl (C=O) groups excluding carboxylic acids is 1. The van der Waals surface area contributed by atoms with Crippen LogP contribution in [0.5, 0.6) is 0 Å². The van der Waals surface area contributed by atoms with Crippen LogP contribution in [-0.2, 0) is 0 Å². The third kappa shape index (κ3) is 4.42. The number of anilines is 2. The van der Waals surface area contributed by atoms with Crippen LogP contribution >= 0.6 is 11.6 Å². The summed E-state index contributed by atoms with van der Waals surface area (Å²) >= 11 is 6.13. The van der Waals surface area contributed by atoms with Gasteiger partial charge in [0.2, 0.25) is 0 Å². The van der Waals surface area contributed by atoms with Crippen molar-refractivity contribution in [2.75, 3.05) is 36.4 Å². The fourth-order valence-corrected chi connectivity index (χ4v) is 3.16. The minimum absolute atomic E-state index is 0.0762. The zero-order valence-electron chi connectivity index (χ0n) is 14.6. The standard InChI is InChI=1S/C19H23ClN4O/c1-14-4-5-16(13-18(14)20)22-19(25)24-9-3-8-23(10-11-24)17-6-7-21-15(2)12-17/h4-7,12-13H,3,8-11H2,1-2H3,(H,22,25). The van der Waals surface area contributed by atoms with E-state index in [0.717, 1.165) is 43.0 Å². The number of amides is 2. The number of nitrogens with one attached hydrogen (secondary N) is 1. The molecule has 5 nitrogen and oxygen atoms in total. The molecule has 25 heavy (non-hydrogen) atoms. The van der Waals surface area contributed by atoms with E-state index in [2.05, 4.69) is 21.3 Å². The Morgan fingerprint density at radius 1 is 1.12 bits per heavy atom. The van der Waals surface area contributed by atoms with Gasteiger partial charge in [-0.2, -0.15) is 0 Å². The molecule has 3 rings (SSSR count). The van der Waals surface area contributed by atoms with E-state index in [9.17, 15) is 4.79 Å². The highest BCUT2D eigenvalue weighted by molar-refractivity contribution is 6.31. The normalized spacial score (nSPS) is 15.0.